The van der Waals surface area contributed by atoms with Gasteiger partial charge in [0.2, 0.25) is 0 Å². The third kappa shape index (κ3) is 1.41. The molecule has 2 N–H and O–H groups in total. The summed E-state index contributed by atoms with van der Waals surface area (Å²) in [4.78, 5) is 0. The molecule has 0 radical (unpaired) electrons. The molecular formula is C12H16BrN. The zero-order valence-corrected chi connectivity index (χ0v) is 10.2. The molecule has 1 aliphatic carbocycles. The molecule has 2 rings (SSSR count). The van der Waals surface area contributed by atoms with Crippen LogP contribution in [-0.4, -0.2) is 6.04 Å². The maximum absolute atomic E-state index is 6.06. The highest BCUT2D eigenvalue weighted by molar-refractivity contribution is 9.10. The predicted molar refractivity (Wildman–Crippen MR) is 63.3 cm³/mol. The SMILES string of the molecule is CC(C)C1(c2ccc(Br)cc2)C[C@H]1N. The molecule has 2 atom stereocenters. The fourth-order valence-electron chi connectivity index (χ4n) is 2.39. The lowest BCUT2D eigenvalue weighted by Crippen LogP contribution is -2.24. The van der Waals surface area contributed by atoms with E-state index in [0.717, 1.165) is 10.9 Å². The smallest absolute Gasteiger partial charge is 0.0175 e. The monoisotopic (exact) mass is 253 g/mol. The Kier molecular flexibility index (Phi) is 2.44. The second kappa shape index (κ2) is 3.35. The Morgan fingerprint density at radius 1 is 1.36 bits per heavy atom. The molecule has 2 heteroatoms. The van der Waals surface area contributed by atoms with E-state index in [-0.39, 0.29) is 5.41 Å². The third-order valence-corrected chi connectivity index (χ3v) is 4.00. The molecule has 1 nitrogen and oxygen atoms in total. The van der Waals surface area contributed by atoms with Crippen molar-refractivity contribution in [3.63, 3.8) is 0 Å². The molecule has 14 heavy (non-hydrogen) atoms. The quantitative estimate of drug-likeness (QED) is 0.862. The van der Waals surface area contributed by atoms with Gasteiger partial charge >= 0.3 is 0 Å². The van der Waals surface area contributed by atoms with E-state index in [1.165, 1.54) is 5.56 Å². The number of rotatable bonds is 2. The van der Waals surface area contributed by atoms with E-state index in [1.807, 2.05) is 0 Å². The fourth-order valence-corrected chi connectivity index (χ4v) is 2.66. The van der Waals surface area contributed by atoms with Gasteiger partial charge in [0.15, 0.2) is 0 Å². The summed E-state index contributed by atoms with van der Waals surface area (Å²) in [5, 5.41) is 0. The second-order valence-corrected chi connectivity index (χ2v) is 5.43. The molecule has 0 aliphatic heterocycles. The van der Waals surface area contributed by atoms with Crippen LogP contribution in [0, 0.1) is 5.92 Å². The zero-order valence-electron chi connectivity index (χ0n) is 8.63. The summed E-state index contributed by atoms with van der Waals surface area (Å²) in [6.45, 7) is 4.52. The van der Waals surface area contributed by atoms with Crippen molar-refractivity contribution in [1.29, 1.82) is 0 Å². The van der Waals surface area contributed by atoms with Gasteiger partial charge in [0, 0.05) is 15.9 Å². The maximum Gasteiger partial charge on any atom is 0.0175 e. The molecule has 1 unspecified atom stereocenters. The molecule has 1 saturated carbocycles. The van der Waals surface area contributed by atoms with Crippen molar-refractivity contribution in [1.82, 2.24) is 0 Å². The molecule has 0 aromatic heterocycles. The fraction of sp³-hybridized carbons (Fsp3) is 0.500. The Morgan fingerprint density at radius 2 is 1.86 bits per heavy atom. The van der Waals surface area contributed by atoms with Crippen molar-refractivity contribution in [2.45, 2.75) is 31.7 Å². The zero-order chi connectivity index (χ0) is 10.3. The van der Waals surface area contributed by atoms with Crippen molar-refractivity contribution in [2.75, 3.05) is 0 Å². The van der Waals surface area contributed by atoms with E-state index in [2.05, 4.69) is 54.0 Å². The lowest BCUT2D eigenvalue weighted by Gasteiger charge is -2.21. The molecule has 1 aliphatic rings. The lowest BCUT2D eigenvalue weighted by molar-refractivity contribution is 0.466. The number of hydrogen-bond donors (Lipinski definition) is 1. The van der Waals surface area contributed by atoms with Crippen LogP contribution in [-0.2, 0) is 5.41 Å². The van der Waals surface area contributed by atoms with Crippen molar-refractivity contribution in [2.24, 2.45) is 11.7 Å². The van der Waals surface area contributed by atoms with Crippen LogP contribution in [0.15, 0.2) is 28.7 Å². The number of nitrogens with two attached hydrogens (primary N) is 1. The first-order chi connectivity index (χ1) is 6.57. The molecule has 1 fully saturated rings. The lowest BCUT2D eigenvalue weighted by atomic mass is 9.84. The molecule has 1 aromatic carbocycles. The molecule has 76 valence electrons. The molecule has 1 aromatic rings. The highest BCUT2D eigenvalue weighted by atomic mass is 79.9. The Hall–Kier alpha value is -0.340. The summed E-state index contributed by atoms with van der Waals surface area (Å²) in [5.41, 5.74) is 7.70. The van der Waals surface area contributed by atoms with Crippen LogP contribution in [0.2, 0.25) is 0 Å². The van der Waals surface area contributed by atoms with Gasteiger partial charge < -0.3 is 5.73 Å². The van der Waals surface area contributed by atoms with Gasteiger partial charge in [0.05, 0.1) is 0 Å². The Balaban J connectivity index is 2.34. The highest BCUT2D eigenvalue weighted by Crippen LogP contribution is 2.52. The Labute approximate surface area is 93.8 Å². The second-order valence-electron chi connectivity index (χ2n) is 4.51. The third-order valence-electron chi connectivity index (χ3n) is 3.47. The minimum Gasteiger partial charge on any atom is -0.327 e. The standard InChI is InChI=1S/C12H16BrN/c1-8(2)12(7-11(12)14)9-3-5-10(13)6-4-9/h3-6,8,11H,7,14H2,1-2H3/t11-,12?/m1/s1. The van der Waals surface area contributed by atoms with Crippen LogP contribution in [0.4, 0.5) is 0 Å². The van der Waals surface area contributed by atoms with Crippen molar-refractivity contribution < 1.29 is 0 Å². The largest absolute Gasteiger partial charge is 0.327 e. The summed E-state index contributed by atoms with van der Waals surface area (Å²) in [6, 6.07) is 8.94. The van der Waals surface area contributed by atoms with Crippen LogP contribution in [0.5, 0.6) is 0 Å². The number of hydrogen-bond acceptors (Lipinski definition) is 1. The predicted octanol–water partition coefficient (Wildman–Crippen LogP) is 3.07. The first-order valence-electron chi connectivity index (χ1n) is 5.09. The summed E-state index contributed by atoms with van der Waals surface area (Å²) in [5.74, 6) is 0.624. The van der Waals surface area contributed by atoms with E-state index in [4.69, 9.17) is 5.73 Å². The van der Waals surface area contributed by atoms with Gasteiger partial charge in [-0.1, -0.05) is 41.9 Å². The summed E-state index contributed by atoms with van der Waals surface area (Å²) >= 11 is 3.45. The minimum absolute atomic E-state index is 0.251. The van der Waals surface area contributed by atoms with Crippen molar-refractivity contribution in [3.05, 3.63) is 34.3 Å². The van der Waals surface area contributed by atoms with Crippen LogP contribution in [0.3, 0.4) is 0 Å². The summed E-state index contributed by atoms with van der Waals surface area (Å²) < 4.78 is 1.13. The van der Waals surface area contributed by atoms with Crippen LogP contribution in [0.1, 0.15) is 25.8 Å². The average molecular weight is 254 g/mol. The molecular weight excluding hydrogens is 238 g/mol. The molecule has 0 heterocycles. The maximum atomic E-state index is 6.06. The van der Waals surface area contributed by atoms with Gasteiger partial charge in [-0.05, 0) is 30.0 Å². The van der Waals surface area contributed by atoms with Gasteiger partial charge in [-0.25, -0.2) is 0 Å². The molecule has 0 spiro atoms. The first-order valence-corrected chi connectivity index (χ1v) is 5.88. The topological polar surface area (TPSA) is 26.0 Å². The van der Waals surface area contributed by atoms with Crippen LogP contribution in [0.25, 0.3) is 0 Å². The van der Waals surface area contributed by atoms with Gasteiger partial charge in [-0.3, -0.25) is 0 Å². The highest BCUT2D eigenvalue weighted by Gasteiger charge is 2.54. The number of halogens is 1. The van der Waals surface area contributed by atoms with E-state index >= 15 is 0 Å². The minimum atomic E-state index is 0.251. The van der Waals surface area contributed by atoms with Crippen LogP contribution >= 0.6 is 15.9 Å². The Morgan fingerprint density at radius 3 is 2.21 bits per heavy atom. The van der Waals surface area contributed by atoms with Gasteiger partial charge in [-0.15, -0.1) is 0 Å². The summed E-state index contributed by atoms with van der Waals surface area (Å²) in [6.07, 6.45) is 1.13. The van der Waals surface area contributed by atoms with Crippen molar-refractivity contribution >= 4 is 15.9 Å². The van der Waals surface area contributed by atoms with Crippen LogP contribution < -0.4 is 5.73 Å². The molecule has 0 saturated heterocycles. The molecule has 0 amide bonds. The normalized spacial score (nSPS) is 30.8. The van der Waals surface area contributed by atoms with E-state index in [9.17, 15) is 0 Å². The summed E-state index contributed by atoms with van der Waals surface area (Å²) in [7, 11) is 0. The average Bonchev–Trinajstić information content (AvgIpc) is 2.80. The first kappa shape index (κ1) is 10.2. The van der Waals surface area contributed by atoms with E-state index in [0.29, 0.717) is 12.0 Å². The van der Waals surface area contributed by atoms with Gasteiger partial charge in [-0.2, -0.15) is 0 Å². The Bertz CT molecular complexity index is 331. The van der Waals surface area contributed by atoms with Crippen molar-refractivity contribution in [3.8, 4) is 0 Å². The molecule has 0 bridgehead atoms. The van der Waals surface area contributed by atoms with E-state index < -0.39 is 0 Å². The van der Waals surface area contributed by atoms with Gasteiger partial charge in [0.1, 0.15) is 0 Å². The van der Waals surface area contributed by atoms with E-state index in [1.54, 1.807) is 0 Å². The number of benzene rings is 1. The van der Waals surface area contributed by atoms with Gasteiger partial charge in [0.25, 0.3) is 0 Å².